The van der Waals surface area contributed by atoms with Gasteiger partial charge < -0.3 is 5.32 Å². The number of aromatic nitrogens is 3. The Bertz CT molecular complexity index is 997. The van der Waals surface area contributed by atoms with Gasteiger partial charge in [-0.25, -0.2) is 14.0 Å². The third-order valence-electron chi connectivity index (χ3n) is 4.42. The number of hydrogen-bond donors (Lipinski definition) is 1. The van der Waals surface area contributed by atoms with E-state index in [0.717, 1.165) is 18.6 Å². The first-order valence-electron chi connectivity index (χ1n) is 10.7. The lowest BCUT2D eigenvalue weighted by atomic mass is 10.2. The molecule has 0 spiro atoms. The highest BCUT2D eigenvalue weighted by molar-refractivity contribution is 6.26. The van der Waals surface area contributed by atoms with Crippen LogP contribution in [0.5, 0.6) is 0 Å². The second kappa shape index (κ2) is 15.4. The fraction of sp³-hybridized carbons (Fsp3) is 0.435. The lowest BCUT2D eigenvalue weighted by molar-refractivity contribution is -0.137. The average Bonchev–Trinajstić information content (AvgIpc) is 3.11. The van der Waals surface area contributed by atoms with Gasteiger partial charge in [-0.3, -0.25) is 4.79 Å². The van der Waals surface area contributed by atoms with E-state index >= 15 is 0 Å². The van der Waals surface area contributed by atoms with E-state index in [1.54, 1.807) is 6.08 Å². The molecular weight excluding hydrogens is 492 g/mol. The Hall–Kier alpha value is -2.52. The molecule has 0 saturated carbocycles. The number of carbonyl (C=O) groups is 1. The van der Waals surface area contributed by atoms with Crippen molar-refractivity contribution in [3.63, 3.8) is 0 Å². The van der Waals surface area contributed by atoms with E-state index in [4.69, 9.17) is 23.2 Å². The summed E-state index contributed by atoms with van der Waals surface area (Å²) in [5.74, 6) is 0.899. The Morgan fingerprint density at radius 3 is 2.38 bits per heavy atom. The molecule has 1 N–H and O–H groups in total. The monoisotopic (exact) mass is 520 g/mol. The molecule has 0 fully saturated rings. The van der Waals surface area contributed by atoms with Crippen molar-refractivity contribution in [3.05, 3.63) is 69.9 Å². The molecule has 1 aromatic heterocycles. The molecule has 11 heteroatoms. The quantitative estimate of drug-likeness (QED) is 0.257. The molecule has 1 heterocycles. The fourth-order valence-corrected chi connectivity index (χ4v) is 3.09. The first kappa shape index (κ1) is 29.5. The van der Waals surface area contributed by atoms with Crippen molar-refractivity contribution in [1.82, 2.24) is 19.7 Å². The first-order chi connectivity index (χ1) is 16.2. The number of benzene rings is 1. The normalized spacial score (nSPS) is 11.6. The van der Waals surface area contributed by atoms with Crippen molar-refractivity contribution >= 4 is 29.1 Å². The molecule has 188 valence electrons. The Labute approximate surface area is 207 Å². The van der Waals surface area contributed by atoms with Gasteiger partial charge >= 0.3 is 11.9 Å². The topological polar surface area (TPSA) is 68.9 Å². The minimum Gasteiger partial charge on any atom is -0.356 e. The van der Waals surface area contributed by atoms with Crippen molar-refractivity contribution in [2.45, 2.75) is 52.3 Å². The van der Waals surface area contributed by atoms with Crippen LogP contribution in [0.2, 0.25) is 0 Å². The average molecular weight is 521 g/mol. The summed E-state index contributed by atoms with van der Waals surface area (Å²) in [6.07, 6.45) is 2.94. The van der Waals surface area contributed by atoms with E-state index < -0.39 is 17.4 Å². The Morgan fingerprint density at radius 1 is 1.21 bits per heavy atom. The van der Waals surface area contributed by atoms with E-state index in [-0.39, 0.29) is 5.91 Å². The number of rotatable bonds is 10. The number of aryl methyl sites for hydroxylation is 1. The van der Waals surface area contributed by atoms with Gasteiger partial charge in [0.1, 0.15) is 5.82 Å². The van der Waals surface area contributed by atoms with E-state index in [1.807, 2.05) is 26.0 Å². The van der Waals surface area contributed by atoms with Gasteiger partial charge in [-0.2, -0.15) is 18.3 Å². The minimum absolute atomic E-state index is 0.0381. The largest absolute Gasteiger partial charge is 0.416 e. The number of allylic oxidation sites excluding steroid dienone is 3. The number of hydrogen-bond acceptors (Lipinski definition) is 3. The summed E-state index contributed by atoms with van der Waals surface area (Å²) in [6, 6.07) is 4.42. The second-order valence-corrected chi connectivity index (χ2v) is 7.61. The Morgan fingerprint density at radius 2 is 1.88 bits per heavy atom. The fourth-order valence-electron chi connectivity index (χ4n) is 2.82. The van der Waals surface area contributed by atoms with Gasteiger partial charge in [-0.1, -0.05) is 36.8 Å². The van der Waals surface area contributed by atoms with Crippen molar-refractivity contribution in [3.8, 4) is 5.69 Å². The summed E-state index contributed by atoms with van der Waals surface area (Å²) < 4.78 is 41.0. The molecule has 1 aromatic carbocycles. The van der Waals surface area contributed by atoms with Crippen molar-refractivity contribution in [2.24, 2.45) is 0 Å². The lowest BCUT2D eigenvalue weighted by Gasteiger charge is -2.08. The van der Waals surface area contributed by atoms with Crippen molar-refractivity contribution in [2.75, 3.05) is 12.4 Å². The van der Waals surface area contributed by atoms with Gasteiger partial charge in [-0.05, 0) is 44.0 Å². The summed E-state index contributed by atoms with van der Waals surface area (Å²) in [7, 11) is 0. The number of carbonyl (C=O) groups excluding carboxylic acids is 1. The highest BCUT2D eigenvalue weighted by Gasteiger charge is 2.30. The number of nitrogens with one attached hydrogen (secondary N) is 1. The van der Waals surface area contributed by atoms with Crippen LogP contribution in [-0.2, 0) is 23.9 Å². The molecule has 0 unspecified atom stereocenters. The van der Waals surface area contributed by atoms with E-state index in [1.165, 1.54) is 26.9 Å². The highest BCUT2D eigenvalue weighted by Crippen LogP contribution is 2.29. The summed E-state index contributed by atoms with van der Waals surface area (Å²) in [5.41, 5.74) is 0.515. The number of alkyl halides is 4. The number of amides is 1. The zero-order valence-electron chi connectivity index (χ0n) is 19.1. The third-order valence-corrected chi connectivity index (χ3v) is 4.78. The summed E-state index contributed by atoms with van der Waals surface area (Å²) in [5, 5.41) is 7.10. The second-order valence-electron chi connectivity index (χ2n) is 7.04. The van der Waals surface area contributed by atoms with Crippen LogP contribution in [-0.4, -0.2) is 32.7 Å². The van der Waals surface area contributed by atoms with Gasteiger partial charge in [0, 0.05) is 37.3 Å². The number of nitrogens with zero attached hydrogens (tertiary/aromatic N) is 3. The van der Waals surface area contributed by atoms with Crippen LogP contribution in [0.1, 0.15) is 44.5 Å². The molecule has 2 rings (SSSR count). The molecule has 34 heavy (non-hydrogen) atoms. The van der Waals surface area contributed by atoms with Crippen LogP contribution in [0, 0.1) is 0 Å². The molecular formula is C23H29Cl2F3N4O2. The zero-order valence-corrected chi connectivity index (χ0v) is 20.6. The molecule has 0 bridgehead atoms. The van der Waals surface area contributed by atoms with Crippen LogP contribution >= 0.6 is 23.2 Å². The van der Waals surface area contributed by atoms with Crippen LogP contribution in [0.3, 0.4) is 0 Å². The predicted octanol–water partition coefficient (Wildman–Crippen LogP) is 5.46. The standard InChI is InChI=1S/C20H25F3N4O2.C3H4Cl2/c1-3-5-8-17-25-26(14-6-13-24-18(28)7-4-2)19(29)27(17)16-11-9-15(10-12-16)20(21,22)23;4-2-1-3-5/h3,5,9-12H,4,6-8,13-14H2,1-2H3,(H,24,28);1-2H,3H2/b5-3-;2-1+. The van der Waals surface area contributed by atoms with Crippen molar-refractivity contribution < 1.29 is 18.0 Å². The Balaban J connectivity index is 0.00000104. The third kappa shape index (κ3) is 9.77. The van der Waals surface area contributed by atoms with E-state index in [9.17, 15) is 22.8 Å². The van der Waals surface area contributed by atoms with Gasteiger partial charge in [0.05, 0.1) is 11.3 Å². The van der Waals surface area contributed by atoms with Gasteiger partial charge in [-0.15, -0.1) is 11.6 Å². The minimum atomic E-state index is -4.44. The summed E-state index contributed by atoms with van der Waals surface area (Å²) >= 11 is 10.2. The summed E-state index contributed by atoms with van der Waals surface area (Å²) in [6.45, 7) is 4.46. The van der Waals surface area contributed by atoms with E-state index in [0.29, 0.717) is 49.7 Å². The Kier molecular flexibility index (Phi) is 13.4. The van der Waals surface area contributed by atoms with Crippen LogP contribution in [0.25, 0.3) is 5.69 Å². The molecule has 0 atom stereocenters. The van der Waals surface area contributed by atoms with Gasteiger partial charge in [0.25, 0.3) is 0 Å². The summed E-state index contributed by atoms with van der Waals surface area (Å²) in [4.78, 5) is 24.3. The van der Waals surface area contributed by atoms with Gasteiger partial charge in [0.15, 0.2) is 0 Å². The molecule has 1 amide bonds. The molecule has 0 saturated heterocycles. The highest BCUT2D eigenvalue weighted by atomic mass is 35.5. The maximum Gasteiger partial charge on any atom is 0.416 e. The predicted molar refractivity (Wildman–Crippen MR) is 130 cm³/mol. The van der Waals surface area contributed by atoms with E-state index in [2.05, 4.69) is 10.4 Å². The maximum absolute atomic E-state index is 12.8. The molecule has 2 aromatic rings. The maximum atomic E-state index is 12.8. The smallest absolute Gasteiger partial charge is 0.356 e. The first-order valence-corrected chi connectivity index (χ1v) is 11.7. The van der Waals surface area contributed by atoms with Gasteiger partial charge in [0.2, 0.25) is 5.91 Å². The molecule has 6 nitrogen and oxygen atoms in total. The van der Waals surface area contributed by atoms with Crippen LogP contribution in [0.4, 0.5) is 13.2 Å². The van der Waals surface area contributed by atoms with Crippen molar-refractivity contribution in [1.29, 1.82) is 0 Å². The molecule has 0 aliphatic rings. The molecule has 0 aliphatic carbocycles. The lowest BCUT2D eigenvalue weighted by Crippen LogP contribution is -2.28. The molecule has 0 aliphatic heterocycles. The number of halogens is 5. The van der Waals surface area contributed by atoms with Crippen LogP contribution in [0.15, 0.2) is 52.8 Å². The SMILES string of the molecule is C/C=C\Cc1nn(CCCNC(=O)CCC)c(=O)n1-c1ccc(C(F)(F)F)cc1.Cl/C=C/CCl. The molecule has 0 radical (unpaired) electrons. The zero-order chi connectivity index (χ0) is 25.6. The van der Waals surface area contributed by atoms with Crippen LogP contribution < -0.4 is 11.0 Å².